The van der Waals surface area contributed by atoms with Crippen molar-refractivity contribution in [2.75, 3.05) is 39.8 Å². The lowest BCUT2D eigenvalue weighted by atomic mass is 10.1. The summed E-state index contributed by atoms with van der Waals surface area (Å²) < 4.78 is 37.7. The van der Waals surface area contributed by atoms with Gasteiger partial charge in [0.2, 0.25) is 0 Å². The van der Waals surface area contributed by atoms with Crippen LogP contribution < -0.4 is 0 Å². The predicted octanol–water partition coefficient (Wildman–Crippen LogP) is 1.40. The molecule has 1 N–H and O–H groups in total. The van der Waals surface area contributed by atoms with Gasteiger partial charge in [0.15, 0.2) is 0 Å². The molecule has 22 heavy (non-hydrogen) atoms. The van der Waals surface area contributed by atoms with Crippen molar-refractivity contribution in [2.45, 2.75) is 44.6 Å². The van der Waals surface area contributed by atoms with E-state index in [1.165, 1.54) is 6.42 Å². The first-order valence-electron chi connectivity index (χ1n) is 7.89. The monoisotopic (exact) mass is 332 g/mol. The Morgan fingerprint density at radius 2 is 1.91 bits per heavy atom. The van der Waals surface area contributed by atoms with Gasteiger partial charge in [-0.25, -0.2) is 0 Å². The molecular formula is C15H28N2O4S. The van der Waals surface area contributed by atoms with Crippen molar-refractivity contribution >= 4 is 10.3 Å². The van der Waals surface area contributed by atoms with Gasteiger partial charge in [-0.15, -0.1) is 6.42 Å². The molecule has 1 aliphatic heterocycles. The van der Waals surface area contributed by atoms with Crippen LogP contribution in [0.2, 0.25) is 0 Å². The Hall–Kier alpha value is -0.650. The van der Waals surface area contributed by atoms with Crippen LogP contribution >= 0.6 is 0 Å². The Balaban J connectivity index is 1.97. The molecule has 6 nitrogen and oxygen atoms in total. The first-order valence-corrected chi connectivity index (χ1v) is 9.29. The predicted molar refractivity (Wildman–Crippen MR) is 86.9 cm³/mol. The first kappa shape index (κ1) is 19.4. The quantitative estimate of drug-likeness (QED) is 0.372. The zero-order valence-corrected chi connectivity index (χ0v) is 14.2. The number of ether oxygens (including phenoxy) is 1. The molecule has 0 aromatic heterocycles. The molecule has 1 saturated heterocycles. The number of hydrogen-bond acceptors (Lipinski definition) is 4. The molecule has 0 aromatic carbocycles. The number of rotatable bonds is 10. The summed E-state index contributed by atoms with van der Waals surface area (Å²) in [6.07, 6.45) is 11.1. The normalized spacial score (nSPS) is 17.7. The molecule has 0 spiro atoms. The fourth-order valence-corrected chi connectivity index (χ4v) is 3.22. The molecule has 0 aliphatic carbocycles. The summed E-state index contributed by atoms with van der Waals surface area (Å²) in [5, 5.41) is 0. The van der Waals surface area contributed by atoms with E-state index >= 15 is 0 Å². The number of hydrogen-bond donors (Lipinski definition) is 1. The highest BCUT2D eigenvalue weighted by atomic mass is 32.2. The molecule has 0 aromatic rings. The third-order valence-electron chi connectivity index (χ3n) is 3.88. The van der Waals surface area contributed by atoms with Crippen molar-refractivity contribution in [3.05, 3.63) is 0 Å². The van der Waals surface area contributed by atoms with E-state index in [1.807, 2.05) is 7.05 Å². The SMILES string of the molecule is C#CCN(C)CCCCCCOC1CCN(S(=O)(=O)O)CC1. The maximum Gasteiger partial charge on any atom is 0.335 e. The maximum atomic E-state index is 11.0. The summed E-state index contributed by atoms with van der Waals surface area (Å²) in [5.74, 6) is 2.63. The lowest BCUT2D eigenvalue weighted by molar-refractivity contribution is 0.0181. The average molecular weight is 332 g/mol. The van der Waals surface area contributed by atoms with E-state index in [1.54, 1.807) is 0 Å². The Morgan fingerprint density at radius 3 is 2.50 bits per heavy atom. The van der Waals surface area contributed by atoms with Crippen LogP contribution in [-0.4, -0.2) is 68.1 Å². The summed E-state index contributed by atoms with van der Waals surface area (Å²) in [7, 11) is -2.00. The fourth-order valence-electron chi connectivity index (χ4n) is 2.55. The largest absolute Gasteiger partial charge is 0.378 e. The second kappa shape index (κ2) is 10.2. The standard InChI is InChI=1S/C15H28N2O4S/c1-3-10-16(2)11-6-4-5-7-14-21-15-8-12-17(13-9-15)22(18,19)20/h1,15H,4-14H2,2H3,(H,18,19,20). The van der Waals surface area contributed by atoms with Crippen LogP contribution in [0.3, 0.4) is 0 Å². The van der Waals surface area contributed by atoms with E-state index < -0.39 is 10.3 Å². The molecule has 7 heteroatoms. The van der Waals surface area contributed by atoms with Crippen molar-refractivity contribution in [3.8, 4) is 12.3 Å². The number of unbranched alkanes of at least 4 members (excludes halogenated alkanes) is 3. The lowest BCUT2D eigenvalue weighted by Crippen LogP contribution is -2.40. The molecule has 0 amide bonds. The minimum Gasteiger partial charge on any atom is -0.378 e. The van der Waals surface area contributed by atoms with Crippen molar-refractivity contribution in [2.24, 2.45) is 0 Å². The van der Waals surface area contributed by atoms with Crippen LogP contribution in [0.25, 0.3) is 0 Å². The Kier molecular flexibility index (Phi) is 8.98. The van der Waals surface area contributed by atoms with Crippen molar-refractivity contribution < 1.29 is 17.7 Å². The highest BCUT2D eigenvalue weighted by Gasteiger charge is 2.26. The van der Waals surface area contributed by atoms with Crippen LogP contribution in [0, 0.1) is 12.3 Å². The molecule has 0 atom stereocenters. The van der Waals surface area contributed by atoms with Crippen LogP contribution in [-0.2, 0) is 15.0 Å². The summed E-state index contributed by atoms with van der Waals surface area (Å²) in [5.41, 5.74) is 0. The summed E-state index contributed by atoms with van der Waals surface area (Å²) in [6.45, 7) is 3.12. The highest BCUT2D eigenvalue weighted by molar-refractivity contribution is 7.83. The smallest absolute Gasteiger partial charge is 0.335 e. The third kappa shape index (κ3) is 8.11. The van der Waals surface area contributed by atoms with Gasteiger partial charge >= 0.3 is 10.3 Å². The minimum absolute atomic E-state index is 0.111. The number of nitrogens with zero attached hydrogens (tertiary/aromatic N) is 2. The van der Waals surface area contributed by atoms with E-state index in [-0.39, 0.29) is 6.10 Å². The molecule has 1 aliphatic rings. The molecule has 1 heterocycles. The third-order valence-corrected chi connectivity index (χ3v) is 4.89. The Morgan fingerprint density at radius 1 is 1.27 bits per heavy atom. The van der Waals surface area contributed by atoms with Crippen LogP contribution in [0.5, 0.6) is 0 Å². The highest BCUT2D eigenvalue weighted by Crippen LogP contribution is 2.16. The zero-order valence-electron chi connectivity index (χ0n) is 13.4. The molecule has 0 saturated carbocycles. The first-order chi connectivity index (χ1) is 10.4. The van der Waals surface area contributed by atoms with E-state index in [0.29, 0.717) is 32.5 Å². The Bertz CT molecular complexity index is 439. The average Bonchev–Trinajstić information content (AvgIpc) is 2.46. The molecule has 128 valence electrons. The van der Waals surface area contributed by atoms with Gasteiger partial charge < -0.3 is 4.74 Å². The topological polar surface area (TPSA) is 70.1 Å². The molecule has 0 radical (unpaired) electrons. The van der Waals surface area contributed by atoms with Gasteiger partial charge in [-0.1, -0.05) is 18.8 Å². The summed E-state index contributed by atoms with van der Waals surface area (Å²) in [6, 6.07) is 0. The molecule has 1 rings (SSSR count). The number of terminal acetylenes is 1. The second-order valence-corrected chi connectivity index (χ2v) is 7.22. The van der Waals surface area contributed by atoms with Gasteiger partial charge in [0.25, 0.3) is 0 Å². The number of piperidine rings is 1. The van der Waals surface area contributed by atoms with E-state index in [0.717, 1.165) is 36.7 Å². The van der Waals surface area contributed by atoms with Crippen LogP contribution in [0.15, 0.2) is 0 Å². The molecular weight excluding hydrogens is 304 g/mol. The van der Waals surface area contributed by atoms with E-state index in [4.69, 9.17) is 15.7 Å². The zero-order chi connectivity index (χ0) is 16.4. The van der Waals surface area contributed by atoms with Crippen LogP contribution in [0.1, 0.15) is 38.5 Å². The van der Waals surface area contributed by atoms with Gasteiger partial charge in [-0.2, -0.15) is 12.7 Å². The van der Waals surface area contributed by atoms with Crippen molar-refractivity contribution in [3.63, 3.8) is 0 Å². The summed E-state index contributed by atoms with van der Waals surface area (Å²) in [4.78, 5) is 2.14. The van der Waals surface area contributed by atoms with Gasteiger partial charge in [-0.3, -0.25) is 9.45 Å². The minimum atomic E-state index is -4.03. The molecule has 0 bridgehead atoms. The van der Waals surface area contributed by atoms with Crippen LogP contribution in [0.4, 0.5) is 0 Å². The van der Waals surface area contributed by atoms with Crippen molar-refractivity contribution in [1.29, 1.82) is 0 Å². The van der Waals surface area contributed by atoms with Gasteiger partial charge in [0, 0.05) is 19.7 Å². The van der Waals surface area contributed by atoms with Gasteiger partial charge in [0.05, 0.1) is 12.6 Å². The van der Waals surface area contributed by atoms with Gasteiger partial charge in [0.1, 0.15) is 0 Å². The lowest BCUT2D eigenvalue weighted by Gasteiger charge is -2.29. The Labute approximate surface area is 134 Å². The molecule has 1 fully saturated rings. The fraction of sp³-hybridized carbons (Fsp3) is 0.867. The molecule has 0 unspecified atom stereocenters. The van der Waals surface area contributed by atoms with E-state index in [2.05, 4.69) is 10.8 Å². The van der Waals surface area contributed by atoms with Gasteiger partial charge in [-0.05, 0) is 39.3 Å². The van der Waals surface area contributed by atoms with E-state index in [9.17, 15) is 8.42 Å². The van der Waals surface area contributed by atoms with Crippen molar-refractivity contribution in [1.82, 2.24) is 9.21 Å². The second-order valence-electron chi connectivity index (χ2n) is 5.80. The summed E-state index contributed by atoms with van der Waals surface area (Å²) >= 11 is 0. The maximum absolute atomic E-state index is 11.0.